The van der Waals surface area contributed by atoms with E-state index < -0.39 is 180 Å². The van der Waals surface area contributed by atoms with Gasteiger partial charge < -0.3 is 107 Å². The van der Waals surface area contributed by atoms with Crippen molar-refractivity contribution in [2.75, 3.05) is 55.7 Å². The molecule has 2 bridgehead atoms. The molecule has 3 aliphatic heterocycles. The lowest BCUT2D eigenvalue weighted by atomic mass is 10.0. The maximum absolute atomic E-state index is 15.0. The van der Waals surface area contributed by atoms with Crippen molar-refractivity contribution in [2.24, 2.45) is 39.8 Å². The summed E-state index contributed by atoms with van der Waals surface area (Å²) in [4.78, 5) is 196. The lowest BCUT2D eigenvalue weighted by Gasteiger charge is -2.31. The molecule has 12 amide bonds. The minimum atomic E-state index is -1.72. The molecule has 23 N–H and O–H groups in total. The average molecular weight is 1450 g/mol. The fourth-order valence-corrected chi connectivity index (χ4v) is 14.9. The van der Waals surface area contributed by atoms with E-state index in [1.807, 2.05) is 0 Å². The van der Waals surface area contributed by atoms with Crippen molar-refractivity contribution in [3.63, 3.8) is 0 Å². The number of aromatic hydroxyl groups is 1. The Balaban J connectivity index is 1.59. The Bertz CT molecular complexity index is 3110. The number of amides is 12. The van der Waals surface area contributed by atoms with Crippen molar-refractivity contribution < 1.29 is 77.6 Å². The summed E-state index contributed by atoms with van der Waals surface area (Å²) in [5, 5.41) is 60.2. The van der Waals surface area contributed by atoms with Crippen LogP contribution in [0.5, 0.6) is 5.75 Å². The molecule has 39 heteroatoms. The van der Waals surface area contributed by atoms with Crippen LogP contribution in [0.4, 0.5) is 0 Å². The summed E-state index contributed by atoms with van der Waals surface area (Å²) in [6.45, 7) is 5.40. The molecule has 2 aromatic rings. The average Bonchev–Trinajstić information content (AvgIpc) is 1.66. The smallest absolute Gasteiger partial charge is 0.327 e. The van der Waals surface area contributed by atoms with Crippen LogP contribution in [0.15, 0.2) is 41.8 Å². The van der Waals surface area contributed by atoms with Crippen LogP contribution in [-0.2, 0) is 75.2 Å². The topological polar surface area (TPSA) is 563 Å². The van der Waals surface area contributed by atoms with E-state index in [0.29, 0.717) is 30.5 Å². The molecule has 35 nitrogen and oxygen atoms in total. The van der Waals surface area contributed by atoms with Crippen LogP contribution in [0.2, 0.25) is 0 Å². The van der Waals surface area contributed by atoms with E-state index in [9.17, 15) is 77.6 Å². The Kier molecular flexibility index (Phi) is 33.5. The van der Waals surface area contributed by atoms with Gasteiger partial charge in [0, 0.05) is 60.8 Å². The first-order valence-electron chi connectivity index (χ1n) is 31.8. The number of carboxylic acids is 1. The molecule has 0 aliphatic carbocycles. The number of rotatable bonds is 22. The number of unbranched alkanes of at least 4 members (excludes halogenated alkanes) is 1. The van der Waals surface area contributed by atoms with Crippen LogP contribution in [0.1, 0.15) is 83.9 Å². The molecule has 0 spiro atoms. The number of phenolic OH excluding ortho intramolecular Hbond substituents is 1. The van der Waals surface area contributed by atoms with Crippen LogP contribution >= 0.6 is 43.2 Å². The molecule has 1 aromatic heterocycles. The minimum Gasteiger partial charge on any atom is -0.508 e. The van der Waals surface area contributed by atoms with Gasteiger partial charge in [-0.05, 0) is 81.0 Å². The lowest BCUT2D eigenvalue weighted by molar-refractivity contribution is -0.146. The van der Waals surface area contributed by atoms with Crippen molar-refractivity contribution in [2.45, 2.75) is 158 Å². The molecule has 0 saturated carbocycles. The number of H-pyrrole nitrogens is 1. The highest BCUT2D eigenvalue weighted by molar-refractivity contribution is 8.77. The van der Waals surface area contributed by atoms with Gasteiger partial charge in [0.25, 0.3) is 0 Å². The van der Waals surface area contributed by atoms with Gasteiger partial charge in [-0.2, -0.15) is 0 Å². The van der Waals surface area contributed by atoms with E-state index >= 15 is 0 Å². The van der Waals surface area contributed by atoms with Crippen LogP contribution in [0, 0.1) is 11.8 Å². The number of aliphatic hydroxyl groups excluding tert-OH is 1. The van der Waals surface area contributed by atoms with Gasteiger partial charge in [0.1, 0.15) is 66.2 Å². The highest BCUT2D eigenvalue weighted by Gasteiger charge is 2.45. The number of aliphatic hydroxyl groups is 1. The first kappa shape index (κ1) is 80.6. The van der Waals surface area contributed by atoms with Crippen LogP contribution in [-0.4, -0.2) is 241 Å². The number of fused-ring (bicyclic) bond motifs is 6. The van der Waals surface area contributed by atoms with Crippen molar-refractivity contribution in [1.82, 2.24) is 73.4 Å². The molecule has 1 aromatic carbocycles. The Labute approximate surface area is 581 Å². The zero-order valence-electron chi connectivity index (χ0n) is 54.7. The predicted octanol–water partition coefficient (Wildman–Crippen LogP) is -5.46. The number of imidazole rings is 1. The third-order valence-corrected chi connectivity index (χ3v) is 20.3. The van der Waals surface area contributed by atoms with Gasteiger partial charge in [-0.15, -0.1) is 0 Å². The third kappa shape index (κ3) is 26.6. The van der Waals surface area contributed by atoms with E-state index in [2.05, 4.69) is 73.4 Å². The Hall–Kier alpha value is -8.11. The van der Waals surface area contributed by atoms with E-state index in [1.165, 1.54) is 36.8 Å². The second kappa shape index (κ2) is 40.7. The van der Waals surface area contributed by atoms with Crippen molar-refractivity contribution >= 4 is 126 Å². The second-order valence-corrected chi connectivity index (χ2v) is 29.3. The van der Waals surface area contributed by atoms with E-state index in [1.54, 1.807) is 27.7 Å². The first-order chi connectivity index (χ1) is 46.5. The lowest BCUT2D eigenvalue weighted by Crippen LogP contribution is -2.61. The second-order valence-electron chi connectivity index (χ2n) is 24.2. The fourth-order valence-electron chi connectivity index (χ4n) is 10.2. The molecule has 0 unspecified atom stereocenters. The number of carbonyl (C=O) groups is 13. The summed E-state index contributed by atoms with van der Waals surface area (Å²) in [6, 6.07) is -10.8. The number of carboxylic acid groups (broad SMARTS) is 1. The highest BCUT2D eigenvalue weighted by atomic mass is 33.1. The van der Waals surface area contributed by atoms with Gasteiger partial charge in [0.15, 0.2) is 5.96 Å². The summed E-state index contributed by atoms with van der Waals surface area (Å²) in [7, 11) is 3.47. The number of hydrogen-bond donors (Lipinski definition) is 19. The maximum atomic E-state index is 15.0. The molecule has 5 rings (SSSR count). The summed E-state index contributed by atoms with van der Waals surface area (Å²) in [5.74, 6) is -15.3. The van der Waals surface area contributed by atoms with Gasteiger partial charge in [-0.3, -0.25) is 62.5 Å². The highest BCUT2D eigenvalue weighted by Crippen LogP contribution is 2.27. The number of guanidine groups is 1. The number of carbonyl (C=O) groups excluding carboxylic acids is 12. The molecule has 4 heterocycles. The molecular weight excluding hydrogens is 1360 g/mol. The number of aliphatic carboxylic acids is 1. The summed E-state index contributed by atoms with van der Waals surface area (Å²) < 4.78 is 0. The molecule has 542 valence electrons. The van der Waals surface area contributed by atoms with E-state index in [-0.39, 0.29) is 87.3 Å². The summed E-state index contributed by atoms with van der Waals surface area (Å²) in [5.41, 5.74) is 23.3. The molecule has 0 radical (unpaired) electrons. The number of phenols is 1. The number of nitrogens with zero attached hydrogens (tertiary/aromatic N) is 3. The Morgan fingerprint density at radius 1 is 0.724 bits per heavy atom. The van der Waals surface area contributed by atoms with Gasteiger partial charge in [-0.1, -0.05) is 83.0 Å². The van der Waals surface area contributed by atoms with Crippen LogP contribution in [0.25, 0.3) is 0 Å². The number of nitrogens with one attached hydrogen (secondary N) is 12. The largest absolute Gasteiger partial charge is 0.508 e. The Morgan fingerprint density at radius 3 is 2.00 bits per heavy atom. The Morgan fingerprint density at radius 2 is 1.36 bits per heavy atom. The summed E-state index contributed by atoms with van der Waals surface area (Å²) in [6.07, 6.45) is 1.69. The monoisotopic (exact) mass is 1450 g/mol. The predicted molar refractivity (Wildman–Crippen MR) is 366 cm³/mol. The minimum absolute atomic E-state index is 0.00530. The van der Waals surface area contributed by atoms with Gasteiger partial charge in [0.2, 0.25) is 70.9 Å². The zero-order chi connectivity index (χ0) is 72.2. The van der Waals surface area contributed by atoms with Crippen molar-refractivity contribution in [3.8, 4) is 5.75 Å². The van der Waals surface area contributed by atoms with Crippen LogP contribution < -0.4 is 81.4 Å². The number of hydrogen-bond acceptors (Lipinski definition) is 23. The molecule has 3 fully saturated rings. The zero-order valence-corrected chi connectivity index (χ0v) is 58.0. The number of benzene rings is 1. The third-order valence-electron chi connectivity index (χ3n) is 15.5. The maximum Gasteiger partial charge on any atom is 0.327 e. The number of aromatic amines is 1. The molecule has 3 saturated heterocycles. The SMILES string of the molecule is CC(C)C[C@@H]1NC(=O)[C@H](CCCCN)NC(=O)[C@H](Cc2ccc(O)cc2)NC(=O)CNC(=O)[C@@H]2CSSC[C@H](NC1=O)C(=O)N[C@@H](Cc1cnc[nH]1)C(=O)N1CC[C@H](O)[C@H]1C(=O)N[C@H](C(=O)O)CSSC[C@H](NC(=O)[C@@H](NC(=O)CNC(=O)[C@H](N)CCCN=C(N)N)C(C)C)C(=O)N2. The number of aromatic nitrogens is 2. The first-order valence-corrected chi connectivity index (χ1v) is 36.8. The van der Waals surface area contributed by atoms with E-state index in [4.69, 9.17) is 22.9 Å². The van der Waals surface area contributed by atoms with Crippen LogP contribution in [0.3, 0.4) is 0 Å². The van der Waals surface area contributed by atoms with E-state index in [0.717, 1.165) is 48.1 Å². The number of nitrogens with two attached hydrogens (primary N) is 4. The summed E-state index contributed by atoms with van der Waals surface area (Å²) >= 11 is 0. The van der Waals surface area contributed by atoms with Crippen molar-refractivity contribution in [1.29, 1.82) is 0 Å². The van der Waals surface area contributed by atoms with Gasteiger partial charge in [-0.25, -0.2) is 9.78 Å². The quantitative estimate of drug-likeness (QED) is 0.0226. The number of aliphatic imine (C=N–C) groups is 1. The molecule has 12 atom stereocenters. The normalized spacial score (nSPS) is 24.7. The fraction of sp³-hybridized carbons (Fsp3) is 0.610. The molecule has 98 heavy (non-hydrogen) atoms. The standard InChI is InChI=1S/C59H91N19O16S4/c1-29(2)18-36-51(86)74-40-25-96-95-24-39(49(84)67-22-44(81)69-37(19-31-10-12-33(79)13-11-31)52(87)70-35(50(85)71-36)9-5-6-15-60)73-54(89)41(75-55(90)46(30(3)4)77-45(82)23-66-48(83)34(61)8-7-16-65-59(62)63)26-97-98-27-42(58(93)94)76-56(91)47-43(80)14-17-78(47)57(92)38(72-53(40)88)20-32-21-64-28-68-32/h10-13,21,28-30,34-43,46-47,79-80H,5-9,14-20,22-27,60-61H2,1-4H3,(H,64,68)(H,66,83)(H,67,84)(H,69,81)(H,70,87)(H,71,85)(H,72,88)(H,73,89)(H,74,86)(H,75,90)(H,76,91)(H,77,82)(H,93,94)(H4,62,63,65)/t34-,35+,36+,37+,38+,39+,40+,41+,42+,43+,46+,47+/m1/s1. The van der Waals surface area contributed by atoms with Gasteiger partial charge >= 0.3 is 5.97 Å². The van der Waals surface area contributed by atoms with Crippen molar-refractivity contribution in [3.05, 3.63) is 48.0 Å². The van der Waals surface area contributed by atoms with Gasteiger partial charge in [0.05, 0.1) is 31.6 Å². The molecular formula is C59H91N19O16S4. The molecule has 3 aliphatic rings.